The second-order valence-corrected chi connectivity index (χ2v) is 5.42. The van der Waals surface area contributed by atoms with Gasteiger partial charge < -0.3 is 10.4 Å². The fourth-order valence-corrected chi connectivity index (χ4v) is 2.28. The highest BCUT2D eigenvalue weighted by molar-refractivity contribution is 5.83. The summed E-state index contributed by atoms with van der Waals surface area (Å²) < 4.78 is 0. The van der Waals surface area contributed by atoms with Crippen LogP contribution in [-0.4, -0.2) is 34.6 Å². The number of carbonyl (C=O) groups is 1. The van der Waals surface area contributed by atoms with Crippen molar-refractivity contribution in [3.8, 4) is 0 Å². The van der Waals surface area contributed by atoms with Gasteiger partial charge >= 0.3 is 0 Å². The van der Waals surface area contributed by atoms with Crippen molar-refractivity contribution in [2.45, 2.75) is 38.5 Å². The molecule has 102 valence electrons. The molecule has 4 nitrogen and oxygen atoms in total. The predicted molar refractivity (Wildman–Crippen MR) is 74.5 cm³/mol. The van der Waals surface area contributed by atoms with Gasteiger partial charge in [-0.25, -0.2) is 0 Å². The molecule has 2 heterocycles. The Labute approximate surface area is 113 Å². The summed E-state index contributed by atoms with van der Waals surface area (Å²) in [6.07, 6.45) is 6.03. The number of aromatic nitrogens is 1. The molecule has 0 aromatic carbocycles. The number of aliphatic hydroxyl groups is 1. The van der Waals surface area contributed by atoms with Gasteiger partial charge in [-0.3, -0.25) is 9.78 Å². The summed E-state index contributed by atoms with van der Waals surface area (Å²) >= 11 is 0. The van der Waals surface area contributed by atoms with Crippen molar-refractivity contribution in [2.24, 2.45) is 5.92 Å². The highest BCUT2D eigenvalue weighted by Gasteiger charge is 2.42. The van der Waals surface area contributed by atoms with Gasteiger partial charge in [-0.15, -0.1) is 0 Å². The minimum atomic E-state index is -0.749. The Bertz CT molecular complexity index is 456. The second kappa shape index (κ2) is 6.08. The first-order chi connectivity index (χ1) is 9.11. The molecule has 2 rings (SSSR count). The van der Waals surface area contributed by atoms with Crippen molar-refractivity contribution in [3.05, 3.63) is 35.7 Å². The molecule has 1 fully saturated rings. The average molecular weight is 260 g/mol. The van der Waals surface area contributed by atoms with Crippen LogP contribution >= 0.6 is 0 Å². The summed E-state index contributed by atoms with van der Waals surface area (Å²) in [5.74, 6) is 0.580. The van der Waals surface area contributed by atoms with E-state index in [0.29, 0.717) is 17.5 Å². The van der Waals surface area contributed by atoms with Gasteiger partial charge in [0.1, 0.15) is 6.29 Å². The molecule has 0 aliphatic carbocycles. The SMILES string of the molecule is CC(C)C[C@@H]1N[C@H]1[C@H](O)/C(C=O)=C\c1cccnc1. The number of hydrogen-bond donors (Lipinski definition) is 2. The van der Waals surface area contributed by atoms with E-state index < -0.39 is 6.10 Å². The zero-order chi connectivity index (χ0) is 13.8. The topological polar surface area (TPSA) is 72.1 Å². The molecular formula is C15H20N2O2. The number of carbonyl (C=O) groups excluding carboxylic acids is 1. The zero-order valence-corrected chi connectivity index (χ0v) is 11.3. The molecule has 1 aliphatic rings. The summed E-state index contributed by atoms with van der Waals surface area (Å²) in [7, 11) is 0. The molecular weight excluding hydrogens is 240 g/mol. The third-order valence-corrected chi connectivity index (χ3v) is 3.29. The number of nitrogens with zero attached hydrogens (tertiary/aromatic N) is 1. The maximum atomic E-state index is 11.1. The van der Waals surface area contributed by atoms with Crippen LogP contribution in [0.15, 0.2) is 30.1 Å². The van der Waals surface area contributed by atoms with E-state index in [0.717, 1.165) is 18.3 Å². The Kier molecular flexibility index (Phi) is 4.45. The maximum absolute atomic E-state index is 11.1. The predicted octanol–water partition coefficient (Wildman–Crippen LogP) is 1.41. The average Bonchev–Trinajstić information content (AvgIpc) is 3.14. The van der Waals surface area contributed by atoms with Crippen LogP contribution < -0.4 is 5.32 Å². The quantitative estimate of drug-likeness (QED) is 0.461. The fourth-order valence-electron chi connectivity index (χ4n) is 2.28. The number of pyridine rings is 1. The van der Waals surface area contributed by atoms with Crippen molar-refractivity contribution >= 4 is 12.4 Å². The molecule has 1 aliphatic heterocycles. The van der Waals surface area contributed by atoms with Gasteiger partial charge in [0.25, 0.3) is 0 Å². The molecule has 0 bridgehead atoms. The number of rotatable bonds is 6. The van der Waals surface area contributed by atoms with Gasteiger partial charge in [0, 0.05) is 24.0 Å². The van der Waals surface area contributed by atoms with Crippen LogP contribution in [0, 0.1) is 5.92 Å². The molecule has 0 amide bonds. The van der Waals surface area contributed by atoms with Crippen LogP contribution in [-0.2, 0) is 4.79 Å². The molecule has 0 saturated carbocycles. The van der Waals surface area contributed by atoms with Crippen LogP contribution in [0.2, 0.25) is 0 Å². The summed E-state index contributed by atoms with van der Waals surface area (Å²) in [6.45, 7) is 4.30. The Balaban J connectivity index is 2.03. The van der Waals surface area contributed by atoms with E-state index in [2.05, 4.69) is 24.1 Å². The molecule has 0 radical (unpaired) electrons. The standard InChI is InChI=1S/C15H20N2O2/c1-10(2)6-13-14(17-13)15(19)12(9-18)7-11-4-3-5-16-8-11/h3-5,7-10,13-15,17,19H,6H2,1-2H3/b12-7-/t13-,14+,15+/m0/s1. The minimum absolute atomic E-state index is 0.00415. The molecule has 0 spiro atoms. The first-order valence-electron chi connectivity index (χ1n) is 6.62. The zero-order valence-electron chi connectivity index (χ0n) is 11.3. The number of nitrogens with one attached hydrogen (secondary N) is 1. The van der Waals surface area contributed by atoms with Crippen LogP contribution in [0.3, 0.4) is 0 Å². The van der Waals surface area contributed by atoms with Crippen molar-refractivity contribution in [1.82, 2.24) is 10.3 Å². The Morgan fingerprint density at radius 1 is 1.58 bits per heavy atom. The molecule has 4 heteroatoms. The summed E-state index contributed by atoms with van der Waals surface area (Å²) in [5, 5.41) is 13.4. The number of hydrogen-bond acceptors (Lipinski definition) is 4. The van der Waals surface area contributed by atoms with Crippen molar-refractivity contribution in [2.75, 3.05) is 0 Å². The summed E-state index contributed by atoms with van der Waals surface area (Å²) in [4.78, 5) is 15.1. The second-order valence-electron chi connectivity index (χ2n) is 5.42. The van der Waals surface area contributed by atoms with Crippen LogP contribution in [0.25, 0.3) is 6.08 Å². The van der Waals surface area contributed by atoms with Gasteiger partial charge in [0.05, 0.1) is 12.1 Å². The van der Waals surface area contributed by atoms with E-state index in [4.69, 9.17) is 0 Å². The van der Waals surface area contributed by atoms with Gasteiger partial charge in [-0.2, -0.15) is 0 Å². The normalized spacial score (nSPS) is 24.3. The highest BCUT2D eigenvalue weighted by atomic mass is 16.3. The first-order valence-corrected chi connectivity index (χ1v) is 6.62. The fraction of sp³-hybridized carbons (Fsp3) is 0.467. The van der Waals surface area contributed by atoms with E-state index in [1.807, 2.05) is 6.07 Å². The first kappa shape index (κ1) is 13.9. The van der Waals surface area contributed by atoms with E-state index in [-0.39, 0.29) is 6.04 Å². The highest BCUT2D eigenvalue weighted by Crippen LogP contribution is 2.25. The smallest absolute Gasteiger partial charge is 0.148 e. The minimum Gasteiger partial charge on any atom is -0.387 e. The van der Waals surface area contributed by atoms with E-state index >= 15 is 0 Å². The van der Waals surface area contributed by atoms with Gasteiger partial charge in [-0.05, 0) is 30.0 Å². The monoisotopic (exact) mass is 260 g/mol. The summed E-state index contributed by atoms with van der Waals surface area (Å²) in [5.41, 5.74) is 1.22. The van der Waals surface area contributed by atoms with E-state index in [1.165, 1.54) is 0 Å². The molecule has 2 N–H and O–H groups in total. The van der Waals surface area contributed by atoms with Gasteiger partial charge in [0.15, 0.2) is 0 Å². The van der Waals surface area contributed by atoms with Crippen LogP contribution in [0.4, 0.5) is 0 Å². The molecule has 19 heavy (non-hydrogen) atoms. The maximum Gasteiger partial charge on any atom is 0.148 e. The van der Waals surface area contributed by atoms with Gasteiger partial charge in [-0.1, -0.05) is 19.9 Å². The molecule has 1 aromatic rings. The summed E-state index contributed by atoms with van der Waals surface area (Å²) in [6, 6.07) is 3.97. The third kappa shape index (κ3) is 3.72. The van der Waals surface area contributed by atoms with Crippen LogP contribution in [0.1, 0.15) is 25.8 Å². The third-order valence-electron chi connectivity index (χ3n) is 3.29. The molecule has 1 aromatic heterocycles. The Morgan fingerprint density at radius 3 is 2.95 bits per heavy atom. The lowest BCUT2D eigenvalue weighted by Crippen LogP contribution is -2.22. The number of aldehydes is 1. The largest absolute Gasteiger partial charge is 0.387 e. The Hall–Kier alpha value is -1.52. The lowest BCUT2D eigenvalue weighted by molar-refractivity contribution is -0.105. The van der Waals surface area contributed by atoms with Crippen molar-refractivity contribution in [1.29, 1.82) is 0 Å². The van der Waals surface area contributed by atoms with Gasteiger partial charge in [0.2, 0.25) is 0 Å². The molecule has 1 saturated heterocycles. The lowest BCUT2D eigenvalue weighted by Gasteiger charge is -2.09. The van der Waals surface area contributed by atoms with Crippen molar-refractivity contribution < 1.29 is 9.90 Å². The number of aliphatic hydroxyl groups excluding tert-OH is 1. The van der Waals surface area contributed by atoms with Crippen molar-refractivity contribution in [3.63, 3.8) is 0 Å². The lowest BCUT2D eigenvalue weighted by atomic mass is 9.99. The van der Waals surface area contributed by atoms with Crippen LogP contribution in [0.5, 0.6) is 0 Å². The Morgan fingerprint density at radius 2 is 2.37 bits per heavy atom. The van der Waals surface area contributed by atoms with E-state index in [1.54, 1.807) is 24.5 Å². The molecule has 3 atom stereocenters. The van der Waals surface area contributed by atoms with E-state index in [9.17, 15) is 9.90 Å². The molecule has 0 unspecified atom stereocenters.